The highest BCUT2D eigenvalue weighted by atomic mass is 16.5. The fraction of sp³-hybridized carbons (Fsp3) is 0.167. The summed E-state index contributed by atoms with van der Waals surface area (Å²) in [5.74, 6) is 0.540. The van der Waals surface area contributed by atoms with E-state index in [1.807, 2.05) is 6.07 Å². The Labute approximate surface area is 98.7 Å². The van der Waals surface area contributed by atoms with Gasteiger partial charge in [0.15, 0.2) is 0 Å². The van der Waals surface area contributed by atoms with Crippen LogP contribution in [-0.2, 0) is 18.0 Å². The van der Waals surface area contributed by atoms with E-state index in [1.54, 1.807) is 12.4 Å². The van der Waals surface area contributed by atoms with Gasteiger partial charge in [0.1, 0.15) is 0 Å². The van der Waals surface area contributed by atoms with Gasteiger partial charge in [0.25, 0.3) is 0 Å². The number of hydrogen-bond acceptors (Lipinski definition) is 5. The van der Waals surface area contributed by atoms with E-state index in [-0.39, 0.29) is 0 Å². The van der Waals surface area contributed by atoms with Crippen molar-refractivity contribution in [2.24, 2.45) is 0 Å². The summed E-state index contributed by atoms with van der Waals surface area (Å²) in [4.78, 5) is 8.18. The van der Waals surface area contributed by atoms with E-state index in [0.29, 0.717) is 24.8 Å². The molecule has 3 N–H and O–H groups in total. The number of rotatable bonds is 2. The molecule has 0 saturated carbocycles. The van der Waals surface area contributed by atoms with Gasteiger partial charge in [-0.05, 0) is 23.3 Å². The van der Waals surface area contributed by atoms with Crippen LogP contribution in [0.4, 0.5) is 17.3 Å². The molecule has 2 heterocycles. The lowest BCUT2D eigenvalue weighted by atomic mass is 10.1. The van der Waals surface area contributed by atoms with Gasteiger partial charge >= 0.3 is 0 Å². The number of benzene rings is 1. The summed E-state index contributed by atoms with van der Waals surface area (Å²) >= 11 is 0. The van der Waals surface area contributed by atoms with Crippen molar-refractivity contribution in [1.82, 2.24) is 9.97 Å². The second kappa shape index (κ2) is 4.03. The molecule has 1 aliphatic rings. The summed E-state index contributed by atoms with van der Waals surface area (Å²) in [6, 6.07) is 6.11. The SMILES string of the molecule is Nc1cnc(Nc2ccc3c(c2)COC3)nc1. The van der Waals surface area contributed by atoms with Crippen LogP contribution >= 0.6 is 0 Å². The molecule has 0 unspecified atom stereocenters. The first-order valence-electron chi connectivity index (χ1n) is 5.35. The molecule has 1 aromatic heterocycles. The van der Waals surface area contributed by atoms with Gasteiger partial charge in [0.2, 0.25) is 5.95 Å². The minimum absolute atomic E-state index is 0.540. The van der Waals surface area contributed by atoms with Crippen molar-refractivity contribution in [2.75, 3.05) is 11.1 Å². The van der Waals surface area contributed by atoms with Crippen LogP contribution in [0.1, 0.15) is 11.1 Å². The Morgan fingerprint density at radius 3 is 2.71 bits per heavy atom. The number of fused-ring (bicyclic) bond motifs is 1. The number of aromatic nitrogens is 2. The van der Waals surface area contributed by atoms with Crippen molar-refractivity contribution in [3.05, 3.63) is 41.7 Å². The molecule has 0 fully saturated rings. The van der Waals surface area contributed by atoms with E-state index in [9.17, 15) is 0 Å². The lowest BCUT2D eigenvalue weighted by Crippen LogP contribution is -1.98. The molecule has 0 radical (unpaired) electrons. The fourth-order valence-corrected chi connectivity index (χ4v) is 1.78. The maximum atomic E-state index is 5.52. The number of anilines is 3. The molecule has 2 aromatic rings. The highest BCUT2D eigenvalue weighted by Crippen LogP contribution is 2.24. The summed E-state index contributed by atoms with van der Waals surface area (Å²) in [7, 11) is 0. The Hall–Kier alpha value is -2.14. The van der Waals surface area contributed by atoms with Crippen LogP contribution in [-0.4, -0.2) is 9.97 Å². The molecule has 0 amide bonds. The summed E-state index contributed by atoms with van der Waals surface area (Å²) in [5, 5.41) is 3.13. The first kappa shape index (κ1) is 10.0. The smallest absolute Gasteiger partial charge is 0.227 e. The van der Waals surface area contributed by atoms with Crippen LogP contribution in [0.5, 0.6) is 0 Å². The van der Waals surface area contributed by atoms with Crippen LogP contribution < -0.4 is 11.1 Å². The molecule has 3 rings (SSSR count). The number of ether oxygens (including phenoxy) is 1. The molecule has 5 nitrogen and oxygen atoms in total. The molecule has 0 saturated heterocycles. The molecule has 5 heteroatoms. The van der Waals surface area contributed by atoms with Gasteiger partial charge in [-0.2, -0.15) is 0 Å². The molecule has 1 aromatic carbocycles. The monoisotopic (exact) mass is 228 g/mol. The van der Waals surface area contributed by atoms with Crippen molar-refractivity contribution in [3.8, 4) is 0 Å². The van der Waals surface area contributed by atoms with E-state index < -0.39 is 0 Å². The highest BCUT2D eigenvalue weighted by molar-refractivity contribution is 5.56. The second-order valence-electron chi connectivity index (χ2n) is 3.94. The number of nitrogens with one attached hydrogen (secondary N) is 1. The third kappa shape index (κ3) is 2.05. The summed E-state index contributed by atoms with van der Waals surface area (Å²) in [5.41, 5.74) is 9.49. The van der Waals surface area contributed by atoms with Crippen molar-refractivity contribution in [3.63, 3.8) is 0 Å². The van der Waals surface area contributed by atoms with Gasteiger partial charge < -0.3 is 15.8 Å². The largest absolute Gasteiger partial charge is 0.396 e. The van der Waals surface area contributed by atoms with Crippen LogP contribution in [0.3, 0.4) is 0 Å². The third-order valence-electron chi connectivity index (χ3n) is 2.65. The van der Waals surface area contributed by atoms with Crippen molar-refractivity contribution in [2.45, 2.75) is 13.2 Å². The quantitative estimate of drug-likeness (QED) is 0.820. The predicted molar refractivity (Wildman–Crippen MR) is 64.7 cm³/mol. The Morgan fingerprint density at radius 2 is 1.88 bits per heavy atom. The average Bonchev–Trinajstić information content (AvgIpc) is 2.79. The van der Waals surface area contributed by atoms with Crippen LogP contribution in [0.2, 0.25) is 0 Å². The number of hydrogen-bond donors (Lipinski definition) is 2. The predicted octanol–water partition coefficient (Wildman–Crippen LogP) is 1.83. The standard InChI is InChI=1S/C12H12N4O/c13-10-4-14-12(15-5-10)16-11-2-1-8-6-17-7-9(8)3-11/h1-5H,6-7,13H2,(H,14,15,16). The first-order valence-corrected chi connectivity index (χ1v) is 5.35. The number of nitrogens with zero attached hydrogens (tertiary/aromatic N) is 2. The fourth-order valence-electron chi connectivity index (χ4n) is 1.78. The van der Waals surface area contributed by atoms with Gasteiger partial charge in [-0.25, -0.2) is 9.97 Å². The zero-order valence-corrected chi connectivity index (χ0v) is 9.18. The normalized spacial score (nSPS) is 13.4. The van der Waals surface area contributed by atoms with Gasteiger partial charge in [0.05, 0.1) is 31.3 Å². The Bertz CT molecular complexity index is 539. The minimum atomic E-state index is 0.540. The van der Waals surface area contributed by atoms with E-state index >= 15 is 0 Å². The van der Waals surface area contributed by atoms with Crippen LogP contribution in [0.25, 0.3) is 0 Å². The van der Waals surface area contributed by atoms with Crippen LogP contribution in [0.15, 0.2) is 30.6 Å². The molecule has 86 valence electrons. The molecule has 0 aliphatic carbocycles. The first-order chi connectivity index (χ1) is 8.31. The van der Waals surface area contributed by atoms with Crippen molar-refractivity contribution in [1.29, 1.82) is 0 Å². The van der Waals surface area contributed by atoms with Crippen molar-refractivity contribution >= 4 is 17.3 Å². The zero-order valence-electron chi connectivity index (χ0n) is 9.18. The van der Waals surface area contributed by atoms with Gasteiger partial charge in [-0.3, -0.25) is 0 Å². The van der Waals surface area contributed by atoms with E-state index in [4.69, 9.17) is 10.5 Å². The molecule has 17 heavy (non-hydrogen) atoms. The van der Waals surface area contributed by atoms with Gasteiger partial charge in [-0.15, -0.1) is 0 Å². The van der Waals surface area contributed by atoms with Crippen LogP contribution in [0, 0.1) is 0 Å². The molecule has 0 bridgehead atoms. The van der Waals surface area contributed by atoms with E-state index in [0.717, 1.165) is 5.69 Å². The molecule has 0 spiro atoms. The summed E-state index contributed by atoms with van der Waals surface area (Å²) in [6.45, 7) is 1.38. The van der Waals surface area contributed by atoms with E-state index in [2.05, 4.69) is 27.4 Å². The van der Waals surface area contributed by atoms with Gasteiger partial charge in [-0.1, -0.05) is 6.07 Å². The number of nitrogens with two attached hydrogens (primary N) is 1. The summed E-state index contributed by atoms with van der Waals surface area (Å²) < 4.78 is 5.36. The average molecular weight is 228 g/mol. The Morgan fingerprint density at radius 1 is 1.12 bits per heavy atom. The lowest BCUT2D eigenvalue weighted by molar-refractivity contribution is 0.134. The molecular weight excluding hydrogens is 216 g/mol. The molecule has 1 aliphatic heterocycles. The lowest BCUT2D eigenvalue weighted by Gasteiger charge is -2.06. The maximum Gasteiger partial charge on any atom is 0.227 e. The molecule has 0 atom stereocenters. The van der Waals surface area contributed by atoms with Gasteiger partial charge in [0, 0.05) is 5.69 Å². The van der Waals surface area contributed by atoms with Crippen molar-refractivity contribution < 1.29 is 4.74 Å². The maximum absolute atomic E-state index is 5.52. The Kier molecular flexibility index (Phi) is 2.38. The summed E-state index contributed by atoms with van der Waals surface area (Å²) in [6.07, 6.45) is 3.15. The number of nitrogen functional groups attached to an aromatic ring is 1. The molecular formula is C12H12N4O. The Balaban J connectivity index is 1.83. The third-order valence-corrected chi connectivity index (χ3v) is 2.65. The topological polar surface area (TPSA) is 73.1 Å². The zero-order chi connectivity index (χ0) is 11.7. The van der Waals surface area contributed by atoms with E-state index in [1.165, 1.54) is 11.1 Å². The second-order valence-corrected chi connectivity index (χ2v) is 3.94. The highest BCUT2D eigenvalue weighted by Gasteiger charge is 2.11. The minimum Gasteiger partial charge on any atom is -0.396 e.